The van der Waals surface area contributed by atoms with Crippen LogP contribution >= 0.6 is 27.7 Å². The average molecular weight is 360 g/mol. The minimum atomic E-state index is -0.135. The molecule has 0 aromatic heterocycles. The molecule has 1 atom stereocenters. The van der Waals surface area contributed by atoms with Crippen molar-refractivity contribution in [3.63, 3.8) is 0 Å². The number of hydrogen-bond donors (Lipinski definition) is 0. The molecule has 0 spiro atoms. The summed E-state index contributed by atoms with van der Waals surface area (Å²) in [6.45, 7) is 1.50. The van der Waals surface area contributed by atoms with Gasteiger partial charge in [0.05, 0.1) is 0 Å². The fraction of sp³-hybridized carbons (Fsp3) is 0.533. The molecule has 1 amide bonds. The van der Waals surface area contributed by atoms with E-state index in [2.05, 4.69) is 15.9 Å². The lowest BCUT2D eigenvalue weighted by Gasteiger charge is -2.20. The lowest BCUT2D eigenvalue weighted by atomic mass is 10.1. The standard InChI is InChI=1S/C15H19BrFNOS/c16-8-3-6-15(19)18-9-7-14(20-11-10-18)12-4-1-2-5-13(12)17/h1-2,4-5,14H,3,6-11H2. The Labute approximate surface area is 132 Å². The molecule has 1 aliphatic rings. The van der Waals surface area contributed by atoms with Gasteiger partial charge in [0.25, 0.3) is 0 Å². The summed E-state index contributed by atoms with van der Waals surface area (Å²) in [5.74, 6) is 0.960. The number of rotatable bonds is 4. The van der Waals surface area contributed by atoms with Crippen LogP contribution in [0.3, 0.4) is 0 Å². The first-order valence-electron chi connectivity index (χ1n) is 6.92. The minimum Gasteiger partial charge on any atom is -0.342 e. The van der Waals surface area contributed by atoms with Gasteiger partial charge in [0, 0.05) is 41.4 Å². The zero-order valence-corrected chi connectivity index (χ0v) is 13.8. The van der Waals surface area contributed by atoms with E-state index in [1.54, 1.807) is 17.8 Å². The predicted octanol–water partition coefficient (Wildman–Crippen LogP) is 4.01. The molecule has 1 unspecified atom stereocenters. The van der Waals surface area contributed by atoms with Gasteiger partial charge in [0.1, 0.15) is 5.82 Å². The van der Waals surface area contributed by atoms with Crippen LogP contribution in [0.1, 0.15) is 30.1 Å². The first-order chi connectivity index (χ1) is 9.72. The molecule has 1 aliphatic heterocycles. The van der Waals surface area contributed by atoms with Crippen LogP contribution in [-0.2, 0) is 4.79 Å². The van der Waals surface area contributed by atoms with Gasteiger partial charge < -0.3 is 4.90 Å². The molecule has 0 aliphatic carbocycles. The van der Waals surface area contributed by atoms with Crippen molar-refractivity contribution < 1.29 is 9.18 Å². The number of thioether (sulfide) groups is 1. The van der Waals surface area contributed by atoms with Gasteiger partial charge in [0.15, 0.2) is 0 Å². The summed E-state index contributed by atoms with van der Waals surface area (Å²) >= 11 is 5.10. The highest BCUT2D eigenvalue weighted by atomic mass is 79.9. The zero-order valence-electron chi connectivity index (χ0n) is 11.4. The van der Waals surface area contributed by atoms with E-state index in [9.17, 15) is 9.18 Å². The van der Waals surface area contributed by atoms with Gasteiger partial charge in [-0.25, -0.2) is 4.39 Å². The van der Waals surface area contributed by atoms with E-state index >= 15 is 0 Å². The maximum Gasteiger partial charge on any atom is 0.222 e. The molecular formula is C15H19BrFNOS. The molecule has 1 saturated heterocycles. The second-order valence-electron chi connectivity index (χ2n) is 4.84. The van der Waals surface area contributed by atoms with E-state index in [0.717, 1.165) is 42.6 Å². The van der Waals surface area contributed by atoms with Crippen LogP contribution in [-0.4, -0.2) is 35.0 Å². The number of halogens is 2. The van der Waals surface area contributed by atoms with Crippen LogP contribution in [0.25, 0.3) is 0 Å². The first-order valence-corrected chi connectivity index (χ1v) is 9.09. The number of hydrogen-bond acceptors (Lipinski definition) is 2. The second-order valence-corrected chi connectivity index (χ2v) is 6.95. The van der Waals surface area contributed by atoms with Gasteiger partial charge in [-0.3, -0.25) is 4.79 Å². The van der Waals surface area contributed by atoms with E-state index in [0.29, 0.717) is 6.42 Å². The van der Waals surface area contributed by atoms with Crippen LogP contribution < -0.4 is 0 Å². The number of alkyl halides is 1. The third-order valence-corrected chi connectivity index (χ3v) is 5.34. The summed E-state index contributed by atoms with van der Waals surface area (Å²) < 4.78 is 13.8. The Morgan fingerprint density at radius 1 is 1.40 bits per heavy atom. The van der Waals surface area contributed by atoms with Crippen molar-refractivity contribution in [2.24, 2.45) is 0 Å². The Morgan fingerprint density at radius 2 is 2.20 bits per heavy atom. The maximum atomic E-state index is 13.8. The van der Waals surface area contributed by atoms with E-state index in [1.165, 1.54) is 6.07 Å². The highest BCUT2D eigenvalue weighted by Gasteiger charge is 2.23. The van der Waals surface area contributed by atoms with Gasteiger partial charge in [-0.1, -0.05) is 34.1 Å². The van der Waals surface area contributed by atoms with Gasteiger partial charge in [-0.05, 0) is 18.9 Å². The number of amides is 1. The van der Waals surface area contributed by atoms with Gasteiger partial charge in [-0.15, -0.1) is 0 Å². The summed E-state index contributed by atoms with van der Waals surface area (Å²) in [6.07, 6.45) is 2.30. The first kappa shape index (κ1) is 15.8. The Bertz CT molecular complexity index is 457. The van der Waals surface area contributed by atoms with E-state index in [4.69, 9.17) is 0 Å². The largest absolute Gasteiger partial charge is 0.342 e. The molecule has 1 fully saturated rings. The van der Waals surface area contributed by atoms with E-state index < -0.39 is 0 Å². The third-order valence-electron chi connectivity index (χ3n) is 3.47. The van der Waals surface area contributed by atoms with Crippen LogP contribution in [0.4, 0.5) is 4.39 Å². The summed E-state index contributed by atoms with van der Waals surface area (Å²) in [4.78, 5) is 14.0. The smallest absolute Gasteiger partial charge is 0.222 e. The van der Waals surface area contributed by atoms with Crippen molar-refractivity contribution in [3.05, 3.63) is 35.6 Å². The van der Waals surface area contributed by atoms with E-state index in [1.807, 2.05) is 17.0 Å². The van der Waals surface area contributed by atoms with Crippen LogP contribution in [0.2, 0.25) is 0 Å². The summed E-state index contributed by atoms with van der Waals surface area (Å²) in [5, 5.41) is 1.02. The topological polar surface area (TPSA) is 20.3 Å². The fourth-order valence-electron chi connectivity index (χ4n) is 2.38. The molecular weight excluding hydrogens is 341 g/mol. The highest BCUT2D eigenvalue weighted by Crippen LogP contribution is 2.35. The van der Waals surface area contributed by atoms with Gasteiger partial charge in [0.2, 0.25) is 5.91 Å². The normalized spacial score (nSPS) is 19.7. The summed E-state index contributed by atoms with van der Waals surface area (Å²) in [5.41, 5.74) is 0.771. The minimum absolute atomic E-state index is 0.135. The SMILES string of the molecule is O=C(CCCBr)N1CCSC(c2ccccc2F)CC1. The van der Waals surface area contributed by atoms with E-state index in [-0.39, 0.29) is 17.0 Å². The average Bonchev–Trinajstić information content (AvgIpc) is 2.71. The quantitative estimate of drug-likeness (QED) is 0.757. The Balaban J connectivity index is 1.95. The van der Waals surface area contributed by atoms with Crippen LogP contribution in [0, 0.1) is 5.82 Å². The second kappa shape index (κ2) is 8.03. The Kier molecular flexibility index (Phi) is 6.36. The molecule has 0 N–H and O–H groups in total. The van der Waals surface area contributed by atoms with Crippen molar-refractivity contribution in [2.45, 2.75) is 24.5 Å². The van der Waals surface area contributed by atoms with Gasteiger partial charge >= 0.3 is 0 Å². The maximum absolute atomic E-state index is 13.8. The summed E-state index contributed by atoms with van der Waals surface area (Å²) in [6, 6.07) is 6.97. The van der Waals surface area contributed by atoms with Crippen molar-refractivity contribution in [1.82, 2.24) is 4.90 Å². The van der Waals surface area contributed by atoms with Crippen molar-refractivity contribution in [3.8, 4) is 0 Å². The molecule has 1 heterocycles. The number of carbonyl (C=O) groups is 1. The lowest BCUT2D eigenvalue weighted by molar-refractivity contribution is -0.130. The molecule has 0 bridgehead atoms. The van der Waals surface area contributed by atoms with Crippen molar-refractivity contribution in [1.29, 1.82) is 0 Å². The zero-order chi connectivity index (χ0) is 14.4. The molecule has 2 rings (SSSR count). The van der Waals surface area contributed by atoms with Gasteiger partial charge in [-0.2, -0.15) is 11.8 Å². The summed E-state index contributed by atoms with van der Waals surface area (Å²) in [7, 11) is 0. The predicted molar refractivity (Wildman–Crippen MR) is 85.8 cm³/mol. The number of benzene rings is 1. The molecule has 0 radical (unpaired) electrons. The Morgan fingerprint density at radius 3 is 2.95 bits per heavy atom. The van der Waals surface area contributed by atoms with Crippen LogP contribution in [0.5, 0.6) is 0 Å². The lowest BCUT2D eigenvalue weighted by Crippen LogP contribution is -2.32. The third kappa shape index (κ3) is 4.22. The monoisotopic (exact) mass is 359 g/mol. The van der Waals surface area contributed by atoms with Crippen molar-refractivity contribution >= 4 is 33.6 Å². The van der Waals surface area contributed by atoms with Crippen molar-refractivity contribution in [2.75, 3.05) is 24.2 Å². The van der Waals surface area contributed by atoms with Crippen LogP contribution in [0.15, 0.2) is 24.3 Å². The molecule has 5 heteroatoms. The molecule has 20 heavy (non-hydrogen) atoms. The molecule has 2 nitrogen and oxygen atoms in total. The Hall–Kier alpha value is -0.550. The number of carbonyl (C=O) groups excluding carboxylic acids is 1. The fourth-order valence-corrected chi connectivity index (χ4v) is 3.91. The molecule has 1 aromatic carbocycles. The number of nitrogens with zero attached hydrogens (tertiary/aromatic N) is 1. The molecule has 110 valence electrons. The molecule has 0 saturated carbocycles. The molecule has 1 aromatic rings. The highest BCUT2D eigenvalue weighted by molar-refractivity contribution is 9.09.